The van der Waals surface area contributed by atoms with E-state index in [-0.39, 0.29) is 11.8 Å². The summed E-state index contributed by atoms with van der Waals surface area (Å²) in [7, 11) is 1.54. The topological polar surface area (TPSA) is 61.9 Å². The highest BCUT2D eigenvalue weighted by Gasteiger charge is 2.16. The van der Waals surface area contributed by atoms with Gasteiger partial charge in [-0.25, -0.2) is 0 Å². The molecule has 0 aromatic heterocycles. The first-order chi connectivity index (χ1) is 13.9. The van der Waals surface area contributed by atoms with E-state index in [1.165, 1.54) is 7.11 Å². The number of benzene rings is 2. The van der Waals surface area contributed by atoms with Crippen molar-refractivity contribution in [1.29, 1.82) is 0 Å². The minimum atomic E-state index is -0.223. The van der Waals surface area contributed by atoms with Crippen molar-refractivity contribution in [3.8, 4) is 5.75 Å². The summed E-state index contributed by atoms with van der Waals surface area (Å²) in [6.07, 6.45) is 0. The number of hydrogen-bond donors (Lipinski definition) is 1. The van der Waals surface area contributed by atoms with E-state index in [9.17, 15) is 9.59 Å². The molecule has 0 aliphatic carbocycles. The van der Waals surface area contributed by atoms with Crippen LogP contribution in [0.2, 0.25) is 0 Å². The van der Waals surface area contributed by atoms with Gasteiger partial charge < -0.3 is 19.9 Å². The number of carbonyl (C=O) groups is 2. The molecule has 0 atom stereocenters. The van der Waals surface area contributed by atoms with Crippen LogP contribution in [-0.4, -0.2) is 45.1 Å². The molecule has 2 aromatic rings. The Balaban J connectivity index is 2.09. The van der Waals surface area contributed by atoms with Gasteiger partial charge in [-0.2, -0.15) is 0 Å². The molecule has 0 bridgehead atoms. The van der Waals surface area contributed by atoms with Crippen molar-refractivity contribution in [1.82, 2.24) is 5.32 Å². The molecule has 0 fully saturated rings. The van der Waals surface area contributed by atoms with Crippen molar-refractivity contribution >= 4 is 23.2 Å². The van der Waals surface area contributed by atoms with Gasteiger partial charge in [-0.3, -0.25) is 9.59 Å². The highest BCUT2D eigenvalue weighted by molar-refractivity contribution is 5.97. The molecule has 0 saturated carbocycles. The van der Waals surface area contributed by atoms with Gasteiger partial charge in [0.05, 0.1) is 12.7 Å². The summed E-state index contributed by atoms with van der Waals surface area (Å²) >= 11 is 0. The summed E-state index contributed by atoms with van der Waals surface area (Å²) in [6.45, 7) is 10.4. The van der Waals surface area contributed by atoms with Gasteiger partial charge in [0.15, 0.2) is 0 Å². The van der Waals surface area contributed by atoms with Crippen LogP contribution in [0.5, 0.6) is 5.75 Å². The molecule has 2 rings (SSSR count). The molecule has 0 spiro atoms. The fourth-order valence-corrected chi connectivity index (χ4v) is 3.38. The highest BCUT2D eigenvalue weighted by atomic mass is 16.5. The van der Waals surface area contributed by atoms with Gasteiger partial charge in [-0.05, 0) is 56.7 Å². The van der Waals surface area contributed by atoms with Gasteiger partial charge in [0.25, 0.3) is 5.91 Å². The predicted octanol–water partition coefficient (Wildman–Crippen LogP) is 3.63. The molecule has 29 heavy (non-hydrogen) atoms. The largest absolute Gasteiger partial charge is 0.496 e. The maximum absolute atomic E-state index is 12.5. The third-order valence-corrected chi connectivity index (χ3v) is 4.95. The summed E-state index contributed by atoms with van der Waals surface area (Å²) in [5, 5.41) is 2.88. The number of nitrogens with one attached hydrogen (secondary N) is 1. The third kappa shape index (κ3) is 5.50. The molecule has 0 aliphatic heterocycles. The molecule has 2 amide bonds. The first kappa shape index (κ1) is 22.3. The van der Waals surface area contributed by atoms with E-state index in [1.807, 2.05) is 25.1 Å². The van der Waals surface area contributed by atoms with Gasteiger partial charge in [0.1, 0.15) is 5.75 Å². The van der Waals surface area contributed by atoms with Crippen LogP contribution in [0.4, 0.5) is 11.4 Å². The van der Waals surface area contributed by atoms with Crippen LogP contribution in [0.25, 0.3) is 0 Å². The Labute approximate surface area is 173 Å². The summed E-state index contributed by atoms with van der Waals surface area (Å²) in [5.41, 5.74) is 3.51. The first-order valence-electron chi connectivity index (χ1n) is 9.97. The molecule has 0 aliphatic rings. The number of anilines is 2. The molecule has 0 heterocycles. The SMILES string of the molecule is CCN(CC)c1ccc(N(CCNC(=O)c2ccccc2OC)C(C)=O)c(C)c1. The minimum absolute atomic E-state index is 0.0600. The smallest absolute Gasteiger partial charge is 0.255 e. The lowest BCUT2D eigenvalue weighted by Crippen LogP contribution is -2.38. The molecule has 1 N–H and O–H groups in total. The maximum Gasteiger partial charge on any atom is 0.255 e. The summed E-state index contributed by atoms with van der Waals surface area (Å²) in [4.78, 5) is 28.7. The van der Waals surface area contributed by atoms with Crippen molar-refractivity contribution in [2.45, 2.75) is 27.7 Å². The molecule has 6 heteroatoms. The van der Waals surface area contributed by atoms with E-state index in [2.05, 4.69) is 30.1 Å². The van der Waals surface area contributed by atoms with Crippen molar-refractivity contribution in [3.63, 3.8) is 0 Å². The Morgan fingerprint density at radius 1 is 1.07 bits per heavy atom. The molecule has 2 aromatic carbocycles. The fraction of sp³-hybridized carbons (Fsp3) is 0.391. The lowest BCUT2D eigenvalue weighted by Gasteiger charge is -2.26. The minimum Gasteiger partial charge on any atom is -0.496 e. The van der Waals surface area contributed by atoms with Crippen LogP contribution in [0, 0.1) is 6.92 Å². The van der Waals surface area contributed by atoms with E-state index in [4.69, 9.17) is 4.74 Å². The Morgan fingerprint density at radius 3 is 2.34 bits per heavy atom. The van der Waals surface area contributed by atoms with Crippen LogP contribution in [-0.2, 0) is 4.79 Å². The van der Waals surface area contributed by atoms with E-state index in [0.717, 1.165) is 30.0 Å². The second-order valence-corrected chi connectivity index (χ2v) is 6.77. The lowest BCUT2D eigenvalue weighted by molar-refractivity contribution is -0.116. The van der Waals surface area contributed by atoms with E-state index in [0.29, 0.717) is 24.4 Å². The number of methoxy groups -OCH3 is 1. The zero-order valence-corrected chi connectivity index (χ0v) is 18.0. The van der Waals surface area contributed by atoms with E-state index >= 15 is 0 Å². The van der Waals surface area contributed by atoms with Crippen LogP contribution < -0.4 is 19.9 Å². The average Bonchev–Trinajstić information content (AvgIpc) is 2.72. The zero-order chi connectivity index (χ0) is 21.4. The molecule has 0 radical (unpaired) electrons. The first-order valence-corrected chi connectivity index (χ1v) is 9.97. The monoisotopic (exact) mass is 397 g/mol. The van der Waals surface area contributed by atoms with Crippen molar-refractivity contribution < 1.29 is 14.3 Å². The summed E-state index contributed by atoms with van der Waals surface area (Å²) < 4.78 is 5.24. The number of ether oxygens (including phenoxy) is 1. The molecule has 0 saturated heterocycles. The molecule has 6 nitrogen and oxygen atoms in total. The van der Waals surface area contributed by atoms with Crippen molar-refractivity contribution in [3.05, 3.63) is 53.6 Å². The summed E-state index contributed by atoms with van der Waals surface area (Å²) in [6, 6.07) is 13.2. The number of rotatable bonds is 9. The average molecular weight is 398 g/mol. The van der Waals surface area contributed by atoms with E-state index in [1.54, 1.807) is 30.0 Å². The Hall–Kier alpha value is -3.02. The highest BCUT2D eigenvalue weighted by Crippen LogP contribution is 2.26. The van der Waals surface area contributed by atoms with Crippen molar-refractivity contribution in [2.75, 3.05) is 43.1 Å². The Kier molecular flexibility index (Phi) is 8.07. The van der Waals surface area contributed by atoms with Gasteiger partial charge in [0.2, 0.25) is 5.91 Å². The Bertz CT molecular complexity index is 847. The predicted molar refractivity (Wildman–Crippen MR) is 118 cm³/mol. The lowest BCUT2D eigenvalue weighted by atomic mass is 10.1. The second-order valence-electron chi connectivity index (χ2n) is 6.77. The molecular weight excluding hydrogens is 366 g/mol. The van der Waals surface area contributed by atoms with Crippen LogP contribution in [0.3, 0.4) is 0 Å². The maximum atomic E-state index is 12.5. The fourth-order valence-electron chi connectivity index (χ4n) is 3.38. The molecule has 0 unspecified atom stereocenters. The van der Waals surface area contributed by atoms with Gasteiger partial charge in [-0.15, -0.1) is 0 Å². The van der Waals surface area contributed by atoms with Gasteiger partial charge in [0, 0.05) is 44.5 Å². The van der Waals surface area contributed by atoms with Crippen LogP contribution >= 0.6 is 0 Å². The molecular formula is C23H31N3O3. The van der Waals surface area contributed by atoms with Crippen LogP contribution in [0.15, 0.2) is 42.5 Å². The number of aryl methyl sites for hydroxylation is 1. The number of carbonyl (C=O) groups excluding carboxylic acids is 2. The zero-order valence-electron chi connectivity index (χ0n) is 18.0. The quantitative estimate of drug-likeness (QED) is 0.702. The normalized spacial score (nSPS) is 10.4. The molecule has 156 valence electrons. The van der Waals surface area contributed by atoms with Crippen molar-refractivity contribution in [2.24, 2.45) is 0 Å². The van der Waals surface area contributed by atoms with Gasteiger partial charge in [-0.1, -0.05) is 12.1 Å². The number of amides is 2. The third-order valence-electron chi connectivity index (χ3n) is 4.95. The number of hydrogen-bond acceptors (Lipinski definition) is 4. The number of para-hydroxylation sites is 1. The second kappa shape index (κ2) is 10.5. The van der Waals surface area contributed by atoms with Gasteiger partial charge >= 0.3 is 0 Å². The van der Waals surface area contributed by atoms with Crippen LogP contribution in [0.1, 0.15) is 36.7 Å². The number of nitrogens with zero attached hydrogens (tertiary/aromatic N) is 2. The van der Waals surface area contributed by atoms with E-state index < -0.39 is 0 Å². The standard InChI is InChI=1S/C23H31N3O3/c1-6-25(7-2)19-12-13-21(17(3)16-19)26(18(4)27)15-14-24-23(28)20-10-8-9-11-22(20)29-5/h8-13,16H,6-7,14-15H2,1-5H3,(H,24,28). The summed E-state index contributed by atoms with van der Waals surface area (Å²) in [5.74, 6) is 0.242. The Morgan fingerprint density at radius 2 is 1.76 bits per heavy atom.